The number of carboxylic acids is 1. The zero-order valence-electron chi connectivity index (χ0n) is 9.94. The van der Waals surface area contributed by atoms with Crippen molar-refractivity contribution in [3.63, 3.8) is 0 Å². The minimum absolute atomic E-state index is 0.0544. The van der Waals surface area contributed by atoms with Crippen LogP contribution in [0.5, 0.6) is 0 Å². The molecule has 1 aliphatic heterocycles. The number of nitrogens with two attached hydrogens (primary N) is 1. The van der Waals surface area contributed by atoms with E-state index in [9.17, 15) is 9.59 Å². The predicted molar refractivity (Wildman–Crippen MR) is 71.2 cm³/mol. The highest BCUT2D eigenvalue weighted by molar-refractivity contribution is 7.08. The molecule has 2 heterocycles. The lowest BCUT2D eigenvalue weighted by Crippen LogP contribution is -2.21. The zero-order valence-corrected chi connectivity index (χ0v) is 10.8. The van der Waals surface area contributed by atoms with Crippen molar-refractivity contribution in [3.05, 3.63) is 16.3 Å². The number of piperidine rings is 1. The summed E-state index contributed by atoms with van der Waals surface area (Å²) in [5.41, 5.74) is 5.10. The van der Waals surface area contributed by atoms with Crippen molar-refractivity contribution in [2.75, 3.05) is 18.4 Å². The summed E-state index contributed by atoms with van der Waals surface area (Å²) in [4.78, 5) is 20.8. The number of hydrogen-bond donors (Lipinski definition) is 4. The predicted octanol–water partition coefficient (Wildman–Crippen LogP) is 1.70. The number of amides is 2. The molecule has 1 aromatic rings. The van der Waals surface area contributed by atoms with Gasteiger partial charge in [-0.1, -0.05) is 6.42 Å². The van der Waals surface area contributed by atoms with Gasteiger partial charge < -0.3 is 21.5 Å². The Morgan fingerprint density at radius 1 is 1.28 bits per heavy atom. The van der Waals surface area contributed by atoms with E-state index in [1.165, 1.54) is 54.4 Å². The van der Waals surface area contributed by atoms with E-state index in [2.05, 4.69) is 10.6 Å². The Hall–Kier alpha value is -1.60. The number of aromatic carboxylic acids is 1. The van der Waals surface area contributed by atoms with Crippen LogP contribution in [-0.4, -0.2) is 30.2 Å². The molecule has 0 bridgehead atoms. The lowest BCUT2D eigenvalue weighted by molar-refractivity contribution is 0.0698. The third-order valence-electron chi connectivity index (χ3n) is 2.36. The molecule has 2 rings (SSSR count). The van der Waals surface area contributed by atoms with E-state index in [1.54, 1.807) is 0 Å². The van der Waals surface area contributed by atoms with Gasteiger partial charge in [-0.2, -0.15) is 0 Å². The monoisotopic (exact) mass is 271 g/mol. The molecule has 0 aliphatic carbocycles. The quantitative estimate of drug-likeness (QED) is 0.657. The average molecular weight is 271 g/mol. The first kappa shape index (κ1) is 14.5. The molecule has 0 unspecified atom stereocenters. The van der Waals surface area contributed by atoms with Crippen LogP contribution < -0.4 is 16.4 Å². The maximum atomic E-state index is 10.5. The number of nitrogens with one attached hydrogen (secondary N) is 2. The van der Waals surface area contributed by atoms with Crippen LogP contribution in [0.15, 0.2) is 10.8 Å². The molecule has 5 N–H and O–H groups in total. The lowest BCUT2D eigenvalue weighted by atomic mass is 10.2. The van der Waals surface area contributed by atoms with E-state index in [-0.39, 0.29) is 11.3 Å². The summed E-state index contributed by atoms with van der Waals surface area (Å²) in [7, 11) is 0. The third kappa shape index (κ3) is 5.15. The Kier molecular flexibility index (Phi) is 6.16. The Labute approximate surface area is 109 Å². The number of carbonyl (C=O) groups is 2. The molecule has 0 aromatic carbocycles. The molecular weight excluding hydrogens is 254 g/mol. The lowest BCUT2D eigenvalue weighted by Gasteiger charge is -2.08. The minimum Gasteiger partial charge on any atom is -0.478 e. The summed E-state index contributed by atoms with van der Waals surface area (Å²) < 4.78 is 0. The van der Waals surface area contributed by atoms with Crippen LogP contribution in [0.3, 0.4) is 0 Å². The van der Waals surface area contributed by atoms with Crippen molar-refractivity contribution in [1.29, 1.82) is 0 Å². The first-order valence-corrected chi connectivity index (χ1v) is 6.62. The van der Waals surface area contributed by atoms with Gasteiger partial charge in [-0.25, -0.2) is 9.59 Å². The first-order valence-electron chi connectivity index (χ1n) is 5.68. The topological polar surface area (TPSA) is 104 Å². The first-order chi connectivity index (χ1) is 8.61. The van der Waals surface area contributed by atoms with Crippen LogP contribution in [0, 0.1) is 0 Å². The summed E-state index contributed by atoms with van der Waals surface area (Å²) in [6.07, 6.45) is 4.22. The van der Waals surface area contributed by atoms with Gasteiger partial charge in [0.05, 0.1) is 11.3 Å². The number of rotatable bonds is 2. The molecule has 0 atom stereocenters. The number of anilines is 1. The van der Waals surface area contributed by atoms with E-state index in [0.29, 0.717) is 0 Å². The van der Waals surface area contributed by atoms with E-state index in [0.717, 1.165) is 0 Å². The highest BCUT2D eigenvalue weighted by Crippen LogP contribution is 2.20. The number of carboxylic acid groups (broad SMARTS) is 1. The second-order valence-electron chi connectivity index (χ2n) is 3.80. The zero-order chi connectivity index (χ0) is 13.4. The maximum Gasteiger partial charge on any atom is 0.338 e. The maximum absolute atomic E-state index is 10.5. The minimum atomic E-state index is -1.08. The van der Waals surface area contributed by atoms with Crippen molar-refractivity contribution >= 4 is 29.0 Å². The van der Waals surface area contributed by atoms with Crippen LogP contribution in [-0.2, 0) is 0 Å². The highest BCUT2D eigenvalue weighted by Gasteiger charge is 2.11. The van der Waals surface area contributed by atoms with E-state index >= 15 is 0 Å². The van der Waals surface area contributed by atoms with Crippen LogP contribution >= 0.6 is 11.3 Å². The number of primary amides is 1. The molecule has 1 saturated heterocycles. The summed E-state index contributed by atoms with van der Waals surface area (Å²) >= 11 is 1.19. The molecule has 100 valence electrons. The molecule has 2 amide bonds. The van der Waals surface area contributed by atoms with Crippen molar-refractivity contribution in [3.8, 4) is 0 Å². The summed E-state index contributed by atoms with van der Waals surface area (Å²) in [5.74, 6) is -1.08. The Bertz CT molecular complexity index is 390. The van der Waals surface area contributed by atoms with Crippen molar-refractivity contribution in [2.45, 2.75) is 19.3 Å². The van der Waals surface area contributed by atoms with Gasteiger partial charge >= 0.3 is 12.0 Å². The normalized spacial score (nSPS) is 14.2. The number of urea groups is 1. The molecule has 1 aliphatic rings. The molecule has 7 heteroatoms. The van der Waals surface area contributed by atoms with Crippen LogP contribution in [0.2, 0.25) is 0 Å². The van der Waals surface area contributed by atoms with Gasteiger partial charge in [0.25, 0.3) is 0 Å². The van der Waals surface area contributed by atoms with Gasteiger partial charge in [-0.05, 0) is 25.9 Å². The van der Waals surface area contributed by atoms with Crippen molar-refractivity contribution in [2.24, 2.45) is 5.73 Å². The van der Waals surface area contributed by atoms with Crippen molar-refractivity contribution < 1.29 is 14.7 Å². The summed E-state index contributed by atoms with van der Waals surface area (Å²) in [6.45, 7) is 2.50. The molecule has 1 fully saturated rings. The highest BCUT2D eigenvalue weighted by atomic mass is 32.1. The van der Waals surface area contributed by atoms with E-state index in [4.69, 9.17) is 10.8 Å². The van der Waals surface area contributed by atoms with Gasteiger partial charge in [0.15, 0.2) is 0 Å². The molecule has 0 spiro atoms. The van der Waals surface area contributed by atoms with Gasteiger partial charge in [-0.3, -0.25) is 0 Å². The largest absolute Gasteiger partial charge is 0.478 e. The number of carbonyl (C=O) groups excluding carboxylic acids is 1. The van der Waals surface area contributed by atoms with E-state index < -0.39 is 12.0 Å². The number of thiophene rings is 1. The molecule has 0 radical (unpaired) electrons. The summed E-state index contributed by atoms with van der Waals surface area (Å²) in [6, 6.07) is -0.768. The average Bonchev–Trinajstić information content (AvgIpc) is 2.79. The second kappa shape index (κ2) is 7.67. The standard InChI is InChI=1S/C6H6N2O3S.C5H11N/c7-6(11)8-4-2-12-1-3(4)5(9)10;1-2-4-6-5-3-1/h1-2H,(H,9,10)(H3,7,8,11);6H,1-5H2. The van der Waals surface area contributed by atoms with E-state index in [1.807, 2.05) is 0 Å². The van der Waals surface area contributed by atoms with Crippen LogP contribution in [0.1, 0.15) is 29.6 Å². The fourth-order valence-corrected chi connectivity index (χ4v) is 2.25. The molecule has 6 nitrogen and oxygen atoms in total. The van der Waals surface area contributed by atoms with Gasteiger partial charge in [0, 0.05) is 10.8 Å². The second-order valence-corrected chi connectivity index (χ2v) is 4.55. The van der Waals surface area contributed by atoms with Gasteiger partial charge in [-0.15, -0.1) is 11.3 Å². The van der Waals surface area contributed by atoms with Gasteiger partial charge in [0.1, 0.15) is 0 Å². The molecular formula is C11H17N3O3S. The molecule has 18 heavy (non-hydrogen) atoms. The van der Waals surface area contributed by atoms with Gasteiger partial charge in [0.2, 0.25) is 0 Å². The van der Waals surface area contributed by atoms with Crippen molar-refractivity contribution in [1.82, 2.24) is 5.32 Å². The van der Waals surface area contributed by atoms with Crippen LogP contribution in [0.25, 0.3) is 0 Å². The number of hydrogen-bond acceptors (Lipinski definition) is 4. The fraction of sp³-hybridized carbons (Fsp3) is 0.455. The fourth-order valence-electron chi connectivity index (χ4n) is 1.49. The third-order valence-corrected chi connectivity index (χ3v) is 3.10. The Morgan fingerprint density at radius 2 is 1.94 bits per heavy atom. The van der Waals surface area contributed by atoms with Crippen LogP contribution in [0.4, 0.5) is 10.5 Å². The Morgan fingerprint density at radius 3 is 2.33 bits per heavy atom. The smallest absolute Gasteiger partial charge is 0.338 e. The SMILES string of the molecule is C1CCNCC1.NC(=O)Nc1cscc1C(=O)O. The Balaban J connectivity index is 0.000000225. The summed E-state index contributed by atoms with van der Waals surface area (Å²) in [5, 5.41) is 17.0. The molecule has 0 saturated carbocycles. The molecule has 1 aromatic heterocycles.